The number of hydrogen-bond donors (Lipinski definition) is 1. The highest BCUT2D eigenvalue weighted by Crippen LogP contribution is 2.39. The largest absolute Gasteiger partial charge is 0.391 e. The van der Waals surface area contributed by atoms with Gasteiger partial charge < -0.3 is 19.5 Å². The fourth-order valence-electron chi connectivity index (χ4n) is 3.17. The third-order valence-corrected chi connectivity index (χ3v) is 5.90. The molecule has 0 aliphatic carbocycles. The molecule has 1 aromatic heterocycles. The Balaban J connectivity index is 1.76. The number of rotatable bonds is 3. The Labute approximate surface area is 154 Å². The van der Waals surface area contributed by atoms with Crippen LogP contribution in [0.15, 0.2) is 24.3 Å². The van der Waals surface area contributed by atoms with Crippen molar-refractivity contribution in [2.45, 2.75) is 25.2 Å². The topological polar surface area (TPSA) is 71.9 Å². The lowest BCUT2D eigenvalue weighted by Gasteiger charge is -2.18. The lowest BCUT2D eigenvalue weighted by molar-refractivity contribution is -0.149. The minimum Gasteiger partial charge on any atom is -0.391 e. The summed E-state index contributed by atoms with van der Waals surface area (Å²) in [6.45, 7) is 3.48. The van der Waals surface area contributed by atoms with Crippen molar-refractivity contribution < 1.29 is 23.8 Å². The van der Waals surface area contributed by atoms with Gasteiger partial charge in [-0.25, -0.2) is 9.37 Å². The van der Waals surface area contributed by atoms with Crippen LogP contribution < -0.4 is 0 Å². The number of carbonyl (C=O) groups is 1. The predicted molar refractivity (Wildman–Crippen MR) is 93.3 cm³/mol. The molecule has 8 heteroatoms. The van der Waals surface area contributed by atoms with E-state index >= 15 is 0 Å². The maximum atomic E-state index is 13.3. The minimum atomic E-state index is -0.984. The van der Waals surface area contributed by atoms with Crippen molar-refractivity contribution in [1.29, 1.82) is 0 Å². The molecule has 0 spiro atoms. The van der Waals surface area contributed by atoms with Crippen LogP contribution in [-0.4, -0.2) is 53.3 Å². The SMILES string of the molecule is CC1(c2nc(C(=O)N3CCC(O)C3)c(-c3ccc(F)cc3)s2)OCCO1. The Hall–Kier alpha value is -1.87. The number of β-amino-alcohol motifs (C(OH)–C–C–N with tert-alkyl or cyclic N) is 1. The monoisotopic (exact) mass is 378 g/mol. The highest BCUT2D eigenvalue weighted by atomic mass is 32.1. The van der Waals surface area contributed by atoms with Gasteiger partial charge in [-0.2, -0.15) is 0 Å². The van der Waals surface area contributed by atoms with Gasteiger partial charge in [0.15, 0.2) is 5.01 Å². The number of likely N-dealkylation sites (tertiary alicyclic amines) is 1. The summed E-state index contributed by atoms with van der Waals surface area (Å²) in [5.74, 6) is -1.57. The van der Waals surface area contributed by atoms with Crippen molar-refractivity contribution >= 4 is 17.2 Å². The molecule has 0 bridgehead atoms. The second kappa shape index (κ2) is 6.70. The summed E-state index contributed by atoms with van der Waals surface area (Å²) < 4.78 is 24.7. The average Bonchev–Trinajstić information content (AvgIpc) is 3.35. The molecular formula is C18H19FN2O4S. The molecule has 2 aromatic rings. The van der Waals surface area contributed by atoms with Gasteiger partial charge >= 0.3 is 0 Å². The molecule has 3 heterocycles. The zero-order chi connectivity index (χ0) is 18.3. The number of hydrogen-bond acceptors (Lipinski definition) is 6. The molecule has 2 saturated heterocycles. The number of benzene rings is 1. The van der Waals surface area contributed by atoms with E-state index in [4.69, 9.17) is 9.47 Å². The number of aliphatic hydroxyl groups excluding tert-OH is 1. The van der Waals surface area contributed by atoms with Crippen LogP contribution in [0.1, 0.15) is 28.8 Å². The standard InChI is InChI=1S/C18H19FN2O4S/c1-18(24-8-9-25-18)17-20-14(16(23)21-7-6-13(22)10-21)15(26-17)11-2-4-12(19)5-3-11/h2-5,13,22H,6-10H2,1H3. The molecule has 1 aromatic carbocycles. The number of aliphatic hydroxyl groups is 1. The Morgan fingerprint density at radius 3 is 2.65 bits per heavy atom. The van der Waals surface area contributed by atoms with Gasteiger partial charge in [0.2, 0.25) is 5.79 Å². The highest BCUT2D eigenvalue weighted by molar-refractivity contribution is 7.15. The summed E-state index contributed by atoms with van der Waals surface area (Å²) >= 11 is 1.31. The molecule has 1 atom stereocenters. The first-order valence-corrected chi connectivity index (χ1v) is 9.30. The van der Waals surface area contributed by atoms with Crippen LogP contribution in [0.2, 0.25) is 0 Å². The third-order valence-electron chi connectivity index (χ3n) is 4.61. The number of carbonyl (C=O) groups excluding carboxylic acids is 1. The number of halogens is 1. The van der Waals surface area contributed by atoms with Gasteiger partial charge in [-0.3, -0.25) is 4.79 Å². The van der Waals surface area contributed by atoms with Gasteiger partial charge in [0, 0.05) is 13.1 Å². The van der Waals surface area contributed by atoms with Crippen LogP contribution in [0.5, 0.6) is 0 Å². The van der Waals surface area contributed by atoms with Gasteiger partial charge in [-0.15, -0.1) is 11.3 Å². The van der Waals surface area contributed by atoms with E-state index in [1.54, 1.807) is 24.0 Å². The van der Waals surface area contributed by atoms with Crippen molar-refractivity contribution in [2.75, 3.05) is 26.3 Å². The van der Waals surface area contributed by atoms with Crippen molar-refractivity contribution in [3.05, 3.63) is 40.8 Å². The van der Waals surface area contributed by atoms with Crippen LogP contribution in [0.3, 0.4) is 0 Å². The summed E-state index contributed by atoms with van der Waals surface area (Å²) in [6, 6.07) is 5.96. The smallest absolute Gasteiger partial charge is 0.274 e. The minimum absolute atomic E-state index is 0.245. The van der Waals surface area contributed by atoms with Crippen molar-refractivity contribution in [2.24, 2.45) is 0 Å². The van der Waals surface area contributed by atoms with Crippen LogP contribution in [0.4, 0.5) is 4.39 Å². The fourth-order valence-corrected chi connectivity index (χ4v) is 4.29. The molecular weight excluding hydrogens is 359 g/mol. The van der Waals surface area contributed by atoms with Crippen LogP contribution >= 0.6 is 11.3 Å². The first-order chi connectivity index (χ1) is 12.5. The number of thiazole rings is 1. The Morgan fingerprint density at radius 2 is 2.04 bits per heavy atom. The molecule has 138 valence electrons. The van der Waals surface area contributed by atoms with E-state index < -0.39 is 11.9 Å². The first-order valence-electron chi connectivity index (χ1n) is 8.49. The van der Waals surface area contributed by atoms with E-state index in [1.165, 1.54) is 23.5 Å². The summed E-state index contributed by atoms with van der Waals surface area (Å²) in [6.07, 6.45) is 0.0452. The average molecular weight is 378 g/mol. The molecule has 1 N–H and O–H groups in total. The van der Waals surface area contributed by atoms with Gasteiger partial charge in [0.25, 0.3) is 5.91 Å². The van der Waals surface area contributed by atoms with Crippen molar-refractivity contribution in [1.82, 2.24) is 9.88 Å². The molecule has 2 aliphatic heterocycles. The summed E-state index contributed by atoms with van der Waals surface area (Å²) in [7, 11) is 0. The van der Waals surface area contributed by atoms with E-state index in [9.17, 15) is 14.3 Å². The van der Waals surface area contributed by atoms with E-state index in [0.29, 0.717) is 48.2 Å². The predicted octanol–water partition coefficient (Wildman–Crippen LogP) is 2.38. The van der Waals surface area contributed by atoms with E-state index in [1.807, 2.05) is 0 Å². The Kier molecular flexibility index (Phi) is 4.52. The summed E-state index contributed by atoms with van der Waals surface area (Å²) in [4.78, 5) is 19.8. The number of nitrogens with zero attached hydrogens (tertiary/aromatic N) is 2. The first kappa shape index (κ1) is 17.5. The molecule has 2 aliphatic rings. The quantitative estimate of drug-likeness (QED) is 0.888. The third kappa shape index (κ3) is 3.14. The van der Waals surface area contributed by atoms with Crippen LogP contribution in [-0.2, 0) is 15.3 Å². The molecule has 6 nitrogen and oxygen atoms in total. The fraction of sp³-hybridized carbons (Fsp3) is 0.444. The summed E-state index contributed by atoms with van der Waals surface area (Å²) in [5.41, 5.74) is 0.992. The van der Waals surface area contributed by atoms with E-state index in [0.717, 1.165) is 0 Å². The lowest BCUT2D eigenvalue weighted by Crippen LogP contribution is -2.30. The van der Waals surface area contributed by atoms with Gasteiger partial charge in [0.05, 0.1) is 24.2 Å². The Bertz CT molecular complexity index is 817. The summed E-state index contributed by atoms with van der Waals surface area (Å²) in [5, 5.41) is 10.3. The normalized spacial score (nSPS) is 22.1. The number of ether oxygens (including phenoxy) is 2. The van der Waals surface area contributed by atoms with Crippen molar-refractivity contribution in [3.63, 3.8) is 0 Å². The van der Waals surface area contributed by atoms with Gasteiger partial charge in [0.1, 0.15) is 11.5 Å². The zero-order valence-corrected chi connectivity index (χ0v) is 15.1. The highest BCUT2D eigenvalue weighted by Gasteiger charge is 2.39. The second-order valence-electron chi connectivity index (χ2n) is 6.54. The van der Waals surface area contributed by atoms with Crippen molar-refractivity contribution in [3.8, 4) is 10.4 Å². The number of amides is 1. The van der Waals surface area contributed by atoms with Gasteiger partial charge in [-0.05, 0) is 31.0 Å². The molecule has 2 fully saturated rings. The molecule has 26 heavy (non-hydrogen) atoms. The van der Waals surface area contributed by atoms with Crippen LogP contribution in [0.25, 0.3) is 10.4 Å². The lowest BCUT2D eigenvalue weighted by atomic mass is 10.1. The van der Waals surface area contributed by atoms with Gasteiger partial charge in [-0.1, -0.05) is 12.1 Å². The van der Waals surface area contributed by atoms with E-state index in [2.05, 4.69) is 4.98 Å². The second-order valence-corrected chi connectivity index (χ2v) is 7.54. The maximum absolute atomic E-state index is 13.3. The molecule has 0 radical (unpaired) electrons. The molecule has 1 unspecified atom stereocenters. The van der Waals surface area contributed by atoms with Crippen LogP contribution in [0, 0.1) is 5.82 Å². The molecule has 1 amide bonds. The maximum Gasteiger partial charge on any atom is 0.274 e. The zero-order valence-electron chi connectivity index (χ0n) is 14.3. The number of aromatic nitrogens is 1. The molecule has 0 saturated carbocycles. The molecule has 4 rings (SSSR count). The van der Waals surface area contributed by atoms with E-state index in [-0.39, 0.29) is 17.4 Å². The Morgan fingerprint density at radius 1 is 1.35 bits per heavy atom.